The predicted molar refractivity (Wildman–Crippen MR) is 71.9 cm³/mol. The van der Waals surface area contributed by atoms with Crippen molar-refractivity contribution in [3.8, 4) is 5.88 Å². The summed E-state index contributed by atoms with van der Waals surface area (Å²) in [7, 11) is 0. The third-order valence-corrected chi connectivity index (χ3v) is 2.96. The van der Waals surface area contributed by atoms with Crippen molar-refractivity contribution in [1.29, 1.82) is 0 Å². The Bertz CT molecular complexity index is 351. The third-order valence-electron chi connectivity index (χ3n) is 2.96. The van der Waals surface area contributed by atoms with E-state index >= 15 is 0 Å². The summed E-state index contributed by atoms with van der Waals surface area (Å²) in [4.78, 5) is 8.60. The van der Waals surface area contributed by atoms with E-state index < -0.39 is 0 Å². The molecule has 0 amide bonds. The zero-order valence-corrected chi connectivity index (χ0v) is 11.0. The maximum absolute atomic E-state index is 5.50. The smallest absolute Gasteiger partial charge is 0.226 e. The standard InChI is InChI=1S/C13H22N4O/c1-2-9-18-12-6-8-15-13(17-12)16-11-5-3-4-7-14-10-11/h6,8,11,14H,2-5,7,9-10H2,1H3,(H,15,16,17). The van der Waals surface area contributed by atoms with Crippen molar-refractivity contribution >= 4 is 5.95 Å². The fourth-order valence-corrected chi connectivity index (χ4v) is 2.02. The van der Waals surface area contributed by atoms with Gasteiger partial charge in [0, 0.05) is 24.8 Å². The van der Waals surface area contributed by atoms with Gasteiger partial charge in [0.15, 0.2) is 0 Å². The van der Waals surface area contributed by atoms with E-state index in [2.05, 4.69) is 27.5 Å². The zero-order valence-electron chi connectivity index (χ0n) is 11.0. The number of nitrogens with zero attached hydrogens (tertiary/aromatic N) is 2. The fourth-order valence-electron chi connectivity index (χ4n) is 2.02. The average molecular weight is 250 g/mol. The van der Waals surface area contributed by atoms with Crippen LogP contribution in [-0.4, -0.2) is 35.7 Å². The molecule has 1 saturated heterocycles. The SMILES string of the molecule is CCCOc1ccnc(NC2CCCCNC2)n1. The van der Waals surface area contributed by atoms with E-state index in [9.17, 15) is 0 Å². The highest BCUT2D eigenvalue weighted by molar-refractivity contribution is 5.29. The average Bonchev–Trinajstić information content (AvgIpc) is 2.65. The minimum Gasteiger partial charge on any atom is -0.478 e. The van der Waals surface area contributed by atoms with Gasteiger partial charge in [0.05, 0.1) is 6.61 Å². The quantitative estimate of drug-likeness (QED) is 0.834. The minimum absolute atomic E-state index is 0.411. The fraction of sp³-hybridized carbons (Fsp3) is 0.692. The van der Waals surface area contributed by atoms with Gasteiger partial charge in [-0.1, -0.05) is 13.3 Å². The van der Waals surface area contributed by atoms with E-state index in [0.717, 1.165) is 25.9 Å². The molecule has 1 unspecified atom stereocenters. The van der Waals surface area contributed by atoms with Gasteiger partial charge in [-0.25, -0.2) is 4.98 Å². The molecule has 2 N–H and O–H groups in total. The molecule has 1 aliphatic rings. The monoisotopic (exact) mass is 250 g/mol. The largest absolute Gasteiger partial charge is 0.478 e. The molecule has 0 aromatic carbocycles. The number of hydrogen-bond donors (Lipinski definition) is 2. The van der Waals surface area contributed by atoms with Gasteiger partial charge in [0.25, 0.3) is 0 Å². The van der Waals surface area contributed by atoms with E-state index in [1.807, 2.05) is 0 Å². The van der Waals surface area contributed by atoms with Crippen LogP contribution < -0.4 is 15.4 Å². The van der Waals surface area contributed by atoms with Crippen molar-refractivity contribution < 1.29 is 4.74 Å². The first kappa shape index (κ1) is 13.1. The Labute approximate surface area is 108 Å². The Kier molecular flexibility index (Phi) is 5.20. The van der Waals surface area contributed by atoms with Gasteiger partial charge in [0.2, 0.25) is 11.8 Å². The van der Waals surface area contributed by atoms with Crippen molar-refractivity contribution in [2.75, 3.05) is 25.0 Å². The van der Waals surface area contributed by atoms with E-state index in [4.69, 9.17) is 4.74 Å². The Morgan fingerprint density at radius 3 is 3.33 bits per heavy atom. The van der Waals surface area contributed by atoms with Crippen LogP contribution in [0.25, 0.3) is 0 Å². The number of rotatable bonds is 5. The van der Waals surface area contributed by atoms with Crippen LogP contribution >= 0.6 is 0 Å². The van der Waals surface area contributed by atoms with Crippen LogP contribution in [0.2, 0.25) is 0 Å². The molecule has 1 aromatic heterocycles. The molecule has 2 rings (SSSR count). The minimum atomic E-state index is 0.411. The highest BCUT2D eigenvalue weighted by Gasteiger charge is 2.12. The molecular formula is C13H22N4O. The molecular weight excluding hydrogens is 228 g/mol. The van der Waals surface area contributed by atoms with Gasteiger partial charge in [-0.05, 0) is 25.8 Å². The second-order valence-electron chi connectivity index (χ2n) is 4.61. The molecule has 0 radical (unpaired) electrons. The van der Waals surface area contributed by atoms with E-state index in [0.29, 0.717) is 24.5 Å². The zero-order chi connectivity index (χ0) is 12.6. The molecule has 5 heteroatoms. The molecule has 1 atom stereocenters. The highest BCUT2D eigenvalue weighted by Crippen LogP contribution is 2.12. The second-order valence-corrected chi connectivity index (χ2v) is 4.61. The lowest BCUT2D eigenvalue weighted by Gasteiger charge is -2.16. The lowest BCUT2D eigenvalue weighted by Crippen LogP contribution is -2.31. The molecule has 1 aromatic rings. The molecule has 1 aliphatic heterocycles. The molecule has 0 spiro atoms. The van der Waals surface area contributed by atoms with Crippen molar-refractivity contribution in [1.82, 2.24) is 15.3 Å². The lowest BCUT2D eigenvalue weighted by molar-refractivity contribution is 0.305. The predicted octanol–water partition coefficient (Wildman–Crippen LogP) is 1.82. The maximum Gasteiger partial charge on any atom is 0.226 e. The molecule has 100 valence electrons. The maximum atomic E-state index is 5.50. The Balaban J connectivity index is 1.91. The van der Waals surface area contributed by atoms with Crippen molar-refractivity contribution in [3.63, 3.8) is 0 Å². The molecule has 2 heterocycles. The number of aromatic nitrogens is 2. The first-order valence-corrected chi connectivity index (χ1v) is 6.81. The van der Waals surface area contributed by atoms with Crippen molar-refractivity contribution in [2.24, 2.45) is 0 Å². The number of ether oxygens (including phenoxy) is 1. The van der Waals surface area contributed by atoms with Crippen LogP contribution in [0.1, 0.15) is 32.6 Å². The van der Waals surface area contributed by atoms with Gasteiger partial charge in [-0.15, -0.1) is 0 Å². The Hall–Kier alpha value is -1.36. The summed E-state index contributed by atoms with van der Waals surface area (Å²) in [6.07, 6.45) is 6.38. The third kappa shape index (κ3) is 4.14. The van der Waals surface area contributed by atoms with Crippen LogP contribution in [0, 0.1) is 0 Å². The van der Waals surface area contributed by atoms with Crippen molar-refractivity contribution in [3.05, 3.63) is 12.3 Å². The van der Waals surface area contributed by atoms with Crippen LogP contribution in [0.15, 0.2) is 12.3 Å². The molecule has 5 nitrogen and oxygen atoms in total. The van der Waals surface area contributed by atoms with Crippen LogP contribution in [0.5, 0.6) is 5.88 Å². The molecule has 0 aliphatic carbocycles. The lowest BCUT2D eigenvalue weighted by atomic mass is 10.1. The van der Waals surface area contributed by atoms with E-state index in [1.54, 1.807) is 12.3 Å². The summed E-state index contributed by atoms with van der Waals surface area (Å²) in [5.41, 5.74) is 0. The Morgan fingerprint density at radius 2 is 2.44 bits per heavy atom. The van der Waals surface area contributed by atoms with Crippen LogP contribution in [0.3, 0.4) is 0 Å². The second kappa shape index (κ2) is 7.16. The van der Waals surface area contributed by atoms with E-state index in [-0.39, 0.29) is 0 Å². The van der Waals surface area contributed by atoms with Gasteiger partial charge >= 0.3 is 0 Å². The summed E-state index contributed by atoms with van der Waals surface area (Å²) >= 11 is 0. The Morgan fingerprint density at radius 1 is 1.50 bits per heavy atom. The number of anilines is 1. The summed E-state index contributed by atoms with van der Waals surface area (Å²) in [6.45, 7) is 4.86. The van der Waals surface area contributed by atoms with Gasteiger partial charge in [-0.3, -0.25) is 0 Å². The molecule has 0 saturated carbocycles. The van der Waals surface area contributed by atoms with Crippen LogP contribution in [-0.2, 0) is 0 Å². The normalized spacial score (nSPS) is 20.2. The highest BCUT2D eigenvalue weighted by atomic mass is 16.5. The summed E-state index contributed by atoms with van der Waals surface area (Å²) in [5, 5.41) is 6.79. The topological polar surface area (TPSA) is 59.1 Å². The molecule has 0 bridgehead atoms. The van der Waals surface area contributed by atoms with Gasteiger partial charge < -0.3 is 15.4 Å². The number of nitrogens with one attached hydrogen (secondary N) is 2. The van der Waals surface area contributed by atoms with Crippen molar-refractivity contribution in [2.45, 2.75) is 38.6 Å². The van der Waals surface area contributed by atoms with E-state index in [1.165, 1.54) is 12.8 Å². The summed E-state index contributed by atoms with van der Waals surface area (Å²) in [5.74, 6) is 1.31. The van der Waals surface area contributed by atoms with Gasteiger partial charge in [0.1, 0.15) is 0 Å². The van der Waals surface area contributed by atoms with Crippen LogP contribution in [0.4, 0.5) is 5.95 Å². The molecule has 1 fully saturated rings. The summed E-state index contributed by atoms with van der Waals surface area (Å²) in [6, 6.07) is 2.21. The van der Waals surface area contributed by atoms with Gasteiger partial charge in [-0.2, -0.15) is 4.98 Å². The first-order chi connectivity index (χ1) is 8.88. The summed E-state index contributed by atoms with van der Waals surface area (Å²) < 4.78 is 5.50. The first-order valence-electron chi connectivity index (χ1n) is 6.81. The molecule has 18 heavy (non-hydrogen) atoms. The number of hydrogen-bond acceptors (Lipinski definition) is 5.